The molecule has 4 nitrogen and oxygen atoms in total. The molecule has 1 aliphatic rings. The molecule has 0 spiro atoms. The van der Waals surface area contributed by atoms with Crippen LogP contribution >= 0.6 is 0 Å². The van der Waals surface area contributed by atoms with Crippen molar-refractivity contribution in [1.82, 2.24) is 4.57 Å². The summed E-state index contributed by atoms with van der Waals surface area (Å²) in [5.74, 6) is 0. The average molecular weight is 464 g/mol. The smallest absolute Gasteiger partial charge is 0.297 e. The highest BCUT2D eigenvalue weighted by Gasteiger charge is 2.14. The molecular formula is C31H33N3O. The Bertz CT molecular complexity index is 1370. The summed E-state index contributed by atoms with van der Waals surface area (Å²) < 4.78 is 8.31. The number of para-hydroxylation sites is 2. The van der Waals surface area contributed by atoms with Gasteiger partial charge < -0.3 is 9.32 Å². The zero-order valence-electron chi connectivity index (χ0n) is 20.4. The Morgan fingerprint density at radius 3 is 2.00 bits per heavy atom. The number of hydrogen-bond donors (Lipinski definition) is 0. The minimum Gasteiger partial charge on any atom is -0.424 e. The van der Waals surface area contributed by atoms with E-state index in [1.54, 1.807) is 0 Å². The second-order valence-electron chi connectivity index (χ2n) is 9.10. The van der Waals surface area contributed by atoms with E-state index in [0.717, 1.165) is 52.8 Å². The van der Waals surface area contributed by atoms with E-state index in [1.807, 2.05) is 12.1 Å². The number of benzene rings is 3. The first-order valence-corrected chi connectivity index (χ1v) is 12.7. The number of anilines is 3. The van der Waals surface area contributed by atoms with Crippen LogP contribution in [-0.4, -0.2) is 10.6 Å². The lowest BCUT2D eigenvalue weighted by atomic mass is 9.96. The van der Waals surface area contributed by atoms with Crippen LogP contribution in [-0.2, 0) is 6.54 Å². The van der Waals surface area contributed by atoms with Crippen molar-refractivity contribution < 1.29 is 4.42 Å². The van der Waals surface area contributed by atoms with Crippen molar-refractivity contribution in [1.29, 1.82) is 0 Å². The van der Waals surface area contributed by atoms with Gasteiger partial charge in [-0.25, -0.2) is 4.99 Å². The lowest BCUT2D eigenvalue weighted by molar-refractivity contribution is 0.386. The van der Waals surface area contributed by atoms with Crippen LogP contribution in [0.15, 0.2) is 94.3 Å². The van der Waals surface area contributed by atoms with Crippen LogP contribution in [0.4, 0.5) is 17.1 Å². The summed E-state index contributed by atoms with van der Waals surface area (Å²) in [6, 6.07) is 29.8. The molecule has 1 saturated carbocycles. The van der Waals surface area contributed by atoms with Gasteiger partial charge in [-0.05, 0) is 67.8 Å². The van der Waals surface area contributed by atoms with E-state index in [0.29, 0.717) is 11.7 Å². The molecule has 0 saturated heterocycles. The quantitative estimate of drug-likeness (QED) is 0.349. The molecule has 0 amide bonds. The van der Waals surface area contributed by atoms with Crippen molar-refractivity contribution in [3.8, 4) is 0 Å². The van der Waals surface area contributed by atoms with Crippen molar-refractivity contribution in [2.75, 3.05) is 4.90 Å². The molecule has 0 atom stereocenters. The van der Waals surface area contributed by atoms with Gasteiger partial charge in [-0.3, -0.25) is 4.57 Å². The van der Waals surface area contributed by atoms with Crippen LogP contribution in [0.25, 0.3) is 12.7 Å². The van der Waals surface area contributed by atoms with Gasteiger partial charge in [0.1, 0.15) is 0 Å². The van der Waals surface area contributed by atoms with Gasteiger partial charge >= 0.3 is 0 Å². The van der Waals surface area contributed by atoms with Gasteiger partial charge in [-0.1, -0.05) is 74.4 Å². The molecule has 0 N–H and O–H groups in total. The molecule has 1 aromatic heterocycles. The largest absolute Gasteiger partial charge is 0.424 e. The molecule has 5 rings (SSSR count). The lowest BCUT2D eigenvalue weighted by Gasteiger charge is -2.25. The van der Waals surface area contributed by atoms with Crippen LogP contribution in [0.1, 0.15) is 44.6 Å². The monoisotopic (exact) mass is 463 g/mol. The van der Waals surface area contributed by atoms with Crippen LogP contribution in [0.2, 0.25) is 0 Å². The fourth-order valence-corrected chi connectivity index (χ4v) is 4.83. The number of hydrogen-bond acceptors (Lipinski definition) is 3. The van der Waals surface area contributed by atoms with Crippen LogP contribution < -0.4 is 21.3 Å². The summed E-state index contributed by atoms with van der Waals surface area (Å²) in [4.78, 5) is 7.21. The predicted octanol–water partition coefficient (Wildman–Crippen LogP) is 6.04. The van der Waals surface area contributed by atoms with E-state index in [4.69, 9.17) is 9.41 Å². The highest BCUT2D eigenvalue weighted by Crippen LogP contribution is 2.34. The van der Waals surface area contributed by atoms with E-state index in [1.165, 1.54) is 19.3 Å². The molecule has 4 heteroatoms. The Balaban J connectivity index is 1.49. The van der Waals surface area contributed by atoms with Crippen LogP contribution in [0.5, 0.6) is 0 Å². The fourth-order valence-electron chi connectivity index (χ4n) is 4.83. The number of nitrogens with zero attached hydrogens (tertiary/aromatic N) is 3. The highest BCUT2D eigenvalue weighted by atomic mass is 16.3. The lowest BCUT2D eigenvalue weighted by Crippen LogP contribution is -2.31. The minimum absolute atomic E-state index is 0.362. The minimum atomic E-state index is 0.362. The summed E-state index contributed by atoms with van der Waals surface area (Å²) in [6.45, 7) is 7.21. The highest BCUT2D eigenvalue weighted by molar-refractivity contribution is 5.76. The Morgan fingerprint density at radius 2 is 1.43 bits per heavy atom. The van der Waals surface area contributed by atoms with Gasteiger partial charge in [0.15, 0.2) is 5.42 Å². The maximum atomic E-state index is 6.23. The maximum absolute atomic E-state index is 6.23. The van der Waals surface area contributed by atoms with Gasteiger partial charge in [0.2, 0.25) is 0 Å². The van der Waals surface area contributed by atoms with Gasteiger partial charge in [0, 0.05) is 23.6 Å². The van der Waals surface area contributed by atoms with Gasteiger partial charge in [-0.2, -0.15) is 0 Å². The summed E-state index contributed by atoms with van der Waals surface area (Å²) >= 11 is 0. The topological polar surface area (TPSA) is 33.7 Å². The zero-order valence-corrected chi connectivity index (χ0v) is 20.4. The molecule has 1 aliphatic carbocycles. The zero-order chi connectivity index (χ0) is 24.0. The third kappa shape index (κ3) is 5.17. The van der Waals surface area contributed by atoms with Crippen molar-refractivity contribution in [3.05, 3.63) is 107 Å². The second-order valence-corrected chi connectivity index (χ2v) is 9.10. The average Bonchev–Trinajstić information content (AvgIpc) is 3.20. The Hall–Kier alpha value is -3.79. The first-order chi connectivity index (χ1) is 17.2. The van der Waals surface area contributed by atoms with E-state index in [-0.39, 0.29) is 0 Å². The second kappa shape index (κ2) is 10.6. The summed E-state index contributed by atoms with van der Waals surface area (Å²) in [7, 11) is 0. The third-order valence-electron chi connectivity index (χ3n) is 6.70. The van der Waals surface area contributed by atoms with Gasteiger partial charge in [-0.15, -0.1) is 0 Å². The molecule has 3 aromatic carbocycles. The summed E-state index contributed by atoms with van der Waals surface area (Å²) in [5, 5.41) is 0.876. The molecule has 0 aliphatic heterocycles. The molecule has 0 radical (unpaired) electrons. The first kappa shape index (κ1) is 23.0. The molecule has 4 aromatic rings. The Morgan fingerprint density at radius 1 is 0.857 bits per heavy atom. The maximum Gasteiger partial charge on any atom is 0.297 e. The Labute approximate surface area is 207 Å². The van der Waals surface area contributed by atoms with E-state index in [2.05, 4.69) is 102 Å². The summed E-state index contributed by atoms with van der Waals surface area (Å²) in [5.41, 5.74) is 5.90. The molecular weight excluding hydrogens is 430 g/mol. The predicted molar refractivity (Wildman–Crippen MR) is 144 cm³/mol. The van der Waals surface area contributed by atoms with Crippen LogP contribution in [0, 0.1) is 0 Å². The Kier molecular flexibility index (Phi) is 6.99. The fraction of sp³-hybridized carbons (Fsp3) is 0.258. The third-order valence-corrected chi connectivity index (χ3v) is 6.70. The van der Waals surface area contributed by atoms with Gasteiger partial charge in [0.25, 0.3) is 5.68 Å². The van der Waals surface area contributed by atoms with Crippen molar-refractivity contribution >= 4 is 29.7 Å². The van der Waals surface area contributed by atoms with E-state index >= 15 is 0 Å². The molecule has 0 bridgehead atoms. The van der Waals surface area contributed by atoms with E-state index < -0.39 is 0 Å². The number of aromatic nitrogens is 1. The first-order valence-electron chi connectivity index (χ1n) is 12.7. The number of rotatable bonds is 6. The molecule has 1 fully saturated rings. The van der Waals surface area contributed by atoms with Crippen molar-refractivity contribution in [2.45, 2.75) is 51.6 Å². The number of oxazole rings is 1. The van der Waals surface area contributed by atoms with Crippen LogP contribution in [0.3, 0.4) is 0 Å². The van der Waals surface area contributed by atoms with E-state index in [9.17, 15) is 0 Å². The van der Waals surface area contributed by atoms with Gasteiger partial charge in [0.05, 0.1) is 11.4 Å². The standard InChI is InChI=1S/C31H33N3O/c1-3-33-24(2)30(35-31(33)32-26-13-7-4-8-14-26)23-25-19-21-29(22-20-25)34(27-15-9-5-10-16-27)28-17-11-6-12-18-28/h5-6,9-12,15-23,26H,2-4,7-8,13-14H2,1H3/b30-23+,32-31?. The normalized spacial score (nSPS) is 15.5. The molecule has 1 heterocycles. The molecule has 178 valence electrons. The molecule has 0 unspecified atom stereocenters. The summed E-state index contributed by atoms with van der Waals surface area (Å²) in [6.07, 6.45) is 8.19. The van der Waals surface area contributed by atoms with Crippen molar-refractivity contribution in [2.24, 2.45) is 4.99 Å². The SMILES string of the molecule is C=c1/c(=C\c2ccc(N(c3ccccc3)c3ccccc3)cc2)oc(=NC2CCCCC2)n1CC. The van der Waals surface area contributed by atoms with Crippen molar-refractivity contribution in [3.63, 3.8) is 0 Å². The molecule has 35 heavy (non-hydrogen) atoms.